The van der Waals surface area contributed by atoms with E-state index < -0.39 is 0 Å². The summed E-state index contributed by atoms with van der Waals surface area (Å²) in [6.45, 7) is 5.92. The molecule has 0 amide bonds. The number of hydrogen-bond donors (Lipinski definition) is 0. The predicted molar refractivity (Wildman–Crippen MR) is 133 cm³/mol. The molecule has 2 aromatic carbocycles. The molecular weight excluding hydrogens is 394 g/mol. The van der Waals surface area contributed by atoms with Crippen molar-refractivity contribution in [1.82, 2.24) is 9.88 Å². The van der Waals surface area contributed by atoms with Crippen LogP contribution in [0.1, 0.15) is 30.7 Å². The molecule has 1 aliphatic rings. The largest absolute Gasteiger partial charge is 0.380 e. The molecule has 0 spiro atoms. The highest BCUT2D eigenvalue weighted by molar-refractivity contribution is 5.68. The van der Waals surface area contributed by atoms with E-state index in [1.54, 1.807) is 0 Å². The molecule has 0 bridgehead atoms. The van der Waals surface area contributed by atoms with Gasteiger partial charge in [-0.1, -0.05) is 60.7 Å². The van der Waals surface area contributed by atoms with Crippen LogP contribution in [0.2, 0.25) is 0 Å². The van der Waals surface area contributed by atoms with Gasteiger partial charge in [-0.15, -0.1) is 0 Å². The Morgan fingerprint density at radius 2 is 1.66 bits per heavy atom. The highest BCUT2D eigenvalue weighted by atomic mass is 16.5. The van der Waals surface area contributed by atoms with Crippen molar-refractivity contribution < 1.29 is 4.74 Å². The van der Waals surface area contributed by atoms with Gasteiger partial charge in [0.15, 0.2) is 0 Å². The Balaban J connectivity index is 1.16. The molecule has 0 saturated carbocycles. The van der Waals surface area contributed by atoms with Crippen molar-refractivity contribution in [3.63, 3.8) is 0 Å². The Bertz CT molecular complexity index is 924. The maximum Gasteiger partial charge on any atom is 0.128 e. The lowest BCUT2D eigenvalue weighted by Crippen LogP contribution is -2.35. The molecule has 168 valence electrons. The van der Waals surface area contributed by atoms with Gasteiger partial charge >= 0.3 is 0 Å². The lowest BCUT2D eigenvalue weighted by molar-refractivity contribution is 0.0931. The molecule has 0 unspecified atom stereocenters. The second-order valence-corrected chi connectivity index (χ2v) is 8.64. The first kappa shape index (κ1) is 22.5. The molecule has 0 atom stereocenters. The predicted octanol–water partition coefficient (Wildman–Crippen LogP) is 5.47. The van der Waals surface area contributed by atoms with Crippen LogP contribution in [0.15, 0.2) is 79.0 Å². The van der Waals surface area contributed by atoms with Crippen molar-refractivity contribution in [3.8, 4) is 11.1 Å². The summed E-state index contributed by atoms with van der Waals surface area (Å²) in [7, 11) is 2.09. The summed E-state index contributed by atoms with van der Waals surface area (Å²) in [6.07, 6.45) is 5.30. The maximum absolute atomic E-state index is 5.92. The Morgan fingerprint density at radius 3 is 2.44 bits per heavy atom. The third-order valence-electron chi connectivity index (χ3n) is 6.45. The molecule has 0 radical (unpaired) electrons. The molecule has 4 rings (SSSR count). The van der Waals surface area contributed by atoms with Crippen LogP contribution in [0.4, 0.5) is 5.82 Å². The van der Waals surface area contributed by atoms with Crippen molar-refractivity contribution >= 4 is 5.82 Å². The van der Waals surface area contributed by atoms with Gasteiger partial charge in [0.05, 0.1) is 6.61 Å². The van der Waals surface area contributed by atoms with Gasteiger partial charge in [0.1, 0.15) is 5.82 Å². The number of anilines is 1. The monoisotopic (exact) mass is 429 g/mol. The standard InChI is InChI=1S/C28H35N3O/c1-30(28-14-7-8-17-29-28)18-9-22-32-23-21-31-19-15-25(16-20-31)27-13-6-5-12-26(27)24-10-3-2-4-11-24/h2-8,10-14,17,25H,9,15-16,18-23H2,1H3. The lowest BCUT2D eigenvalue weighted by atomic mass is 9.84. The third-order valence-corrected chi connectivity index (χ3v) is 6.45. The van der Waals surface area contributed by atoms with Crippen molar-refractivity contribution in [3.05, 3.63) is 84.6 Å². The molecular formula is C28H35N3O. The Hall–Kier alpha value is -2.69. The van der Waals surface area contributed by atoms with Crippen LogP contribution in [0.3, 0.4) is 0 Å². The van der Waals surface area contributed by atoms with Gasteiger partial charge in [0.2, 0.25) is 0 Å². The summed E-state index contributed by atoms with van der Waals surface area (Å²) in [6, 6.07) is 25.8. The summed E-state index contributed by atoms with van der Waals surface area (Å²) >= 11 is 0. The fourth-order valence-corrected chi connectivity index (χ4v) is 4.59. The topological polar surface area (TPSA) is 28.6 Å². The molecule has 1 aliphatic heterocycles. The van der Waals surface area contributed by atoms with E-state index in [4.69, 9.17) is 4.74 Å². The first-order chi connectivity index (χ1) is 15.8. The van der Waals surface area contributed by atoms with Crippen LogP contribution in [0, 0.1) is 0 Å². The van der Waals surface area contributed by atoms with E-state index in [1.807, 2.05) is 24.4 Å². The van der Waals surface area contributed by atoms with Gasteiger partial charge in [0.25, 0.3) is 0 Å². The number of pyridine rings is 1. The minimum atomic E-state index is 0.644. The zero-order valence-corrected chi connectivity index (χ0v) is 19.2. The minimum Gasteiger partial charge on any atom is -0.380 e. The SMILES string of the molecule is CN(CCCOCCN1CCC(c2ccccc2-c2ccccc2)CC1)c1ccccn1. The van der Waals surface area contributed by atoms with Crippen molar-refractivity contribution in [1.29, 1.82) is 0 Å². The Labute approximate surface area is 192 Å². The normalized spacial score (nSPS) is 15.0. The van der Waals surface area contributed by atoms with E-state index in [-0.39, 0.29) is 0 Å². The highest BCUT2D eigenvalue weighted by Crippen LogP contribution is 2.35. The molecule has 0 aliphatic carbocycles. The van der Waals surface area contributed by atoms with E-state index >= 15 is 0 Å². The number of nitrogens with zero attached hydrogens (tertiary/aromatic N) is 3. The number of piperidine rings is 1. The number of rotatable bonds is 10. The summed E-state index contributed by atoms with van der Waals surface area (Å²) in [5.41, 5.74) is 4.23. The lowest BCUT2D eigenvalue weighted by Gasteiger charge is -2.33. The number of likely N-dealkylation sites (tertiary alicyclic amines) is 1. The number of hydrogen-bond acceptors (Lipinski definition) is 4. The molecule has 0 N–H and O–H groups in total. The fraction of sp³-hybridized carbons (Fsp3) is 0.393. The summed E-state index contributed by atoms with van der Waals surface area (Å²) in [4.78, 5) is 9.12. The zero-order chi connectivity index (χ0) is 22.0. The van der Waals surface area contributed by atoms with Crippen LogP contribution in [0.25, 0.3) is 11.1 Å². The molecule has 4 heteroatoms. The summed E-state index contributed by atoms with van der Waals surface area (Å²) in [5, 5.41) is 0. The van der Waals surface area contributed by atoms with Crippen LogP contribution in [-0.4, -0.2) is 56.3 Å². The highest BCUT2D eigenvalue weighted by Gasteiger charge is 2.22. The third kappa shape index (κ3) is 6.18. The molecule has 32 heavy (non-hydrogen) atoms. The van der Waals surface area contributed by atoms with Crippen LogP contribution >= 0.6 is 0 Å². The van der Waals surface area contributed by atoms with Gasteiger partial charge in [-0.05, 0) is 67.1 Å². The summed E-state index contributed by atoms with van der Waals surface area (Å²) < 4.78 is 5.92. The van der Waals surface area contributed by atoms with Crippen LogP contribution in [0.5, 0.6) is 0 Å². The molecule has 4 nitrogen and oxygen atoms in total. The Kier molecular flexibility index (Phi) is 8.29. The van der Waals surface area contributed by atoms with E-state index in [2.05, 4.69) is 76.4 Å². The van der Waals surface area contributed by atoms with E-state index in [1.165, 1.54) is 29.5 Å². The molecule has 1 saturated heterocycles. The maximum atomic E-state index is 5.92. The van der Waals surface area contributed by atoms with E-state index in [9.17, 15) is 0 Å². The Morgan fingerprint density at radius 1 is 0.906 bits per heavy atom. The summed E-state index contributed by atoms with van der Waals surface area (Å²) in [5.74, 6) is 1.66. The van der Waals surface area contributed by atoms with Gasteiger partial charge in [-0.2, -0.15) is 0 Å². The van der Waals surface area contributed by atoms with E-state index in [0.717, 1.165) is 51.6 Å². The van der Waals surface area contributed by atoms with Crippen LogP contribution < -0.4 is 4.90 Å². The molecule has 1 fully saturated rings. The first-order valence-electron chi connectivity index (χ1n) is 11.9. The molecule has 1 aromatic heterocycles. The molecule has 3 aromatic rings. The smallest absolute Gasteiger partial charge is 0.128 e. The molecule has 2 heterocycles. The van der Waals surface area contributed by atoms with Crippen LogP contribution in [-0.2, 0) is 4.74 Å². The second-order valence-electron chi connectivity index (χ2n) is 8.64. The number of benzene rings is 2. The van der Waals surface area contributed by atoms with Crippen molar-refractivity contribution in [2.24, 2.45) is 0 Å². The average molecular weight is 430 g/mol. The second kappa shape index (κ2) is 11.8. The van der Waals surface area contributed by atoms with Gasteiger partial charge in [-0.3, -0.25) is 0 Å². The van der Waals surface area contributed by atoms with Gasteiger partial charge in [0, 0.05) is 32.9 Å². The average Bonchev–Trinajstić information content (AvgIpc) is 2.87. The van der Waals surface area contributed by atoms with Gasteiger partial charge < -0.3 is 14.5 Å². The van der Waals surface area contributed by atoms with Gasteiger partial charge in [-0.25, -0.2) is 4.98 Å². The quantitative estimate of drug-likeness (QED) is 0.400. The zero-order valence-electron chi connectivity index (χ0n) is 19.2. The minimum absolute atomic E-state index is 0.644. The fourth-order valence-electron chi connectivity index (χ4n) is 4.59. The number of aromatic nitrogens is 1. The number of ether oxygens (including phenoxy) is 1. The van der Waals surface area contributed by atoms with Crippen molar-refractivity contribution in [2.45, 2.75) is 25.2 Å². The van der Waals surface area contributed by atoms with E-state index in [0.29, 0.717) is 5.92 Å². The van der Waals surface area contributed by atoms with Crippen molar-refractivity contribution in [2.75, 3.05) is 51.3 Å². The first-order valence-corrected chi connectivity index (χ1v) is 11.9.